The molecule has 1 aliphatic rings. The Morgan fingerprint density at radius 2 is 2.04 bits per heavy atom. The predicted molar refractivity (Wildman–Crippen MR) is 91.6 cm³/mol. The molecule has 1 aromatic carbocycles. The Hall–Kier alpha value is -2.24. The van der Waals surface area contributed by atoms with Crippen molar-refractivity contribution in [1.29, 1.82) is 0 Å². The number of halogens is 2. The van der Waals surface area contributed by atoms with Crippen LogP contribution in [0.2, 0.25) is 10.0 Å². The third kappa shape index (κ3) is 2.60. The number of fused-ring (bicyclic) bond motifs is 1. The van der Waals surface area contributed by atoms with Gasteiger partial charge in [-0.05, 0) is 29.8 Å². The number of carbonyl (C=O) groups excluding carboxylic acids is 1. The number of hydrogen-bond donors (Lipinski definition) is 1. The Balaban J connectivity index is 1.78. The molecule has 0 unspecified atom stereocenters. The minimum Gasteiger partial charge on any atom is -0.467 e. The molecule has 122 valence electrons. The number of anilines is 1. The molecular formula is C17H13Cl2N3O2. The fraction of sp³-hybridized carbons (Fsp3) is 0.176. The Morgan fingerprint density at radius 3 is 2.75 bits per heavy atom. The van der Waals surface area contributed by atoms with Gasteiger partial charge in [0, 0.05) is 27.9 Å². The first-order chi connectivity index (χ1) is 11.6. The molecule has 0 aliphatic carbocycles. The second-order valence-electron chi connectivity index (χ2n) is 5.63. The lowest BCUT2D eigenvalue weighted by Crippen LogP contribution is -2.25. The van der Waals surface area contributed by atoms with E-state index in [1.807, 2.05) is 12.1 Å². The van der Waals surface area contributed by atoms with Crippen LogP contribution in [0.5, 0.6) is 0 Å². The van der Waals surface area contributed by atoms with Crippen molar-refractivity contribution in [2.45, 2.75) is 18.9 Å². The summed E-state index contributed by atoms with van der Waals surface area (Å²) in [6.45, 7) is 0.436. The zero-order chi connectivity index (χ0) is 16.7. The lowest BCUT2D eigenvalue weighted by Gasteiger charge is -2.25. The van der Waals surface area contributed by atoms with Gasteiger partial charge in [-0.3, -0.25) is 4.79 Å². The van der Waals surface area contributed by atoms with Crippen molar-refractivity contribution in [3.63, 3.8) is 0 Å². The average Bonchev–Trinajstić information content (AvgIpc) is 3.18. The molecule has 0 saturated heterocycles. The van der Waals surface area contributed by atoms with E-state index in [9.17, 15) is 4.79 Å². The van der Waals surface area contributed by atoms with Gasteiger partial charge in [0.25, 0.3) is 0 Å². The maximum Gasteiger partial charge on any atom is 0.226 e. The average molecular weight is 362 g/mol. The third-order valence-electron chi connectivity index (χ3n) is 4.12. The van der Waals surface area contributed by atoms with Crippen molar-refractivity contribution in [3.8, 4) is 0 Å². The summed E-state index contributed by atoms with van der Waals surface area (Å²) in [6, 6.07) is 9.03. The summed E-state index contributed by atoms with van der Waals surface area (Å²) < 4.78 is 7.07. The van der Waals surface area contributed by atoms with Crippen molar-refractivity contribution in [1.82, 2.24) is 9.78 Å². The van der Waals surface area contributed by atoms with Gasteiger partial charge in [-0.25, -0.2) is 4.68 Å². The second kappa shape index (κ2) is 6.00. The maximum atomic E-state index is 12.2. The van der Waals surface area contributed by atoms with E-state index < -0.39 is 0 Å². The van der Waals surface area contributed by atoms with Crippen LogP contribution in [0.1, 0.15) is 29.2 Å². The van der Waals surface area contributed by atoms with Gasteiger partial charge < -0.3 is 9.73 Å². The summed E-state index contributed by atoms with van der Waals surface area (Å²) in [5.41, 5.74) is 1.66. The van der Waals surface area contributed by atoms with Crippen LogP contribution >= 0.6 is 23.2 Å². The molecule has 1 aliphatic heterocycles. The van der Waals surface area contributed by atoms with Crippen LogP contribution in [0, 0.1) is 0 Å². The maximum absolute atomic E-state index is 12.2. The molecular weight excluding hydrogens is 349 g/mol. The van der Waals surface area contributed by atoms with Crippen LogP contribution in [0.25, 0.3) is 0 Å². The number of nitrogens with one attached hydrogen (secondary N) is 1. The van der Waals surface area contributed by atoms with Gasteiger partial charge in [0.1, 0.15) is 18.1 Å². The highest BCUT2D eigenvalue weighted by Gasteiger charge is 2.32. The minimum absolute atomic E-state index is 0.0929. The molecule has 7 heteroatoms. The number of nitrogens with zero attached hydrogens (tertiary/aromatic N) is 2. The lowest BCUT2D eigenvalue weighted by atomic mass is 9.87. The molecule has 0 saturated carbocycles. The first-order valence-electron chi connectivity index (χ1n) is 7.45. The number of carbonyl (C=O) groups is 1. The lowest BCUT2D eigenvalue weighted by molar-refractivity contribution is -0.116. The molecule has 1 atom stereocenters. The van der Waals surface area contributed by atoms with Crippen LogP contribution in [0.15, 0.2) is 47.2 Å². The molecule has 4 rings (SSSR count). The van der Waals surface area contributed by atoms with E-state index in [0.29, 0.717) is 22.4 Å². The number of rotatable bonds is 3. The normalized spacial score (nSPS) is 16.8. The van der Waals surface area contributed by atoms with Gasteiger partial charge >= 0.3 is 0 Å². The fourth-order valence-electron chi connectivity index (χ4n) is 3.04. The summed E-state index contributed by atoms with van der Waals surface area (Å²) in [7, 11) is 0. The Labute approximate surface area is 148 Å². The summed E-state index contributed by atoms with van der Waals surface area (Å²) in [5, 5.41) is 8.39. The Bertz CT molecular complexity index is 882. The van der Waals surface area contributed by atoms with E-state index in [2.05, 4.69) is 10.4 Å². The van der Waals surface area contributed by atoms with Crippen LogP contribution < -0.4 is 5.32 Å². The zero-order valence-electron chi connectivity index (χ0n) is 12.5. The minimum atomic E-state index is -0.222. The summed E-state index contributed by atoms with van der Waals surface area (Å²) in [6.07, 6.45) is 3.64. The molecule has 0 spiro atoms. The van der Waals surface area contributed by atoms with Gasteiger partial charge in [0.05, 0.1) is 12.5 Å². The summed E-state index contributed by atoms with van der Waals surface area (Å²) >= 11 is 12.7. The predicted octanol–water partition coefficient (Wildman–Crippen LogP) is 4.31. The molecule has 1 N–H and O–H groups in total. The van der Waals surface area contributed by atoms with Gasteiger partial charge in [-0.2, -0.15) is 5.10 Å². The van der Waals surface area contributed by atoms with Gasteiger partial charge in [0.15, 0.2) is 0 Å². The van der Waals surface area contributed by atoms with Gasteiger partial charge in [-0.15, -0.1) is 0 Å². The highest BCUT2D eigenvalue weighted by Crippen LogP contribution is 2.42. The van der Waals surface area contributed by atoms with Crippen molar-refractivity contribution in [2.24, 2.45) is 0 Å². The molecule has 0 fully saturated rings. The highest BCUT2D eigenvalue weighted by atomic mass is 35.5. The van der Waals surface area contributed by atoms with E-state index in [-0.39, 0.29) is 18.2 Å². The monoisotopic (exact) mass is 361 g/mol. The smallest absolute Gasteiger partial charge is 0.226 e. The van der Waals surface area contributed by atoms with E-state index in [1.165, 1.54) is 0 Å². The quantitative estimate of drug-likeness (QED) is 0.756. The summed E-state index contributed by atoms with van der Waals surface area (Å²) in [5.74, 6) is 1.10. The molecule has 3 heterocycles. The van der Waals surface area contributed by atoms with E-state index in [4.69, 9.17) is 27.6 Å². The van der Waals surface area contributed by atoms with Crippen LogP contribution in [-0.2, 0) is 11.3 Å². The van der Waals surface area contributed by atoms with E-state index in [0.717, 1.165) is 16.9 Å². The molecule has 3 aromatic rings. The molecule has 5 nitrogen and oxygen atoms in total. The molecule has 0 radical (unpaired) electrons. The largest absolute Gasteiger partial charge is 0.467 e. The molecule has 2 aromatic heterocycles. The Morgan fingerprint density at radius 1 is 1.25 bits per heavy atom. The van der Waals surface area contributed by atoms with Crippen LogP contribution in [0.3, 0.4) is 0 Å². The SMILES string of the molecule is O=C1C[C@@H](c2c(Cl)cccc2Cl)c2cnn(Cc3ccco3)c2N1. The van der Waals surface area contributed by atoms with Crippen molar-refractivity contribution < 1.29 is 9.21 Å². The van der Waals surface area contributed by atoms with Crippen molar-refractivity contribution in [3.05, 3.63) is 69.7 Å². The zero-order valence-corrected chi connectivity index (χ0v) is 14.0. The van der Waals surface area contributed by atoms with Gasteiger partial charge in [-0.1, -0.05) is 29.3 Å². The number of hydrogen-bond acceptors (Lipinski definition) is 3. The second-order valence-corrected chi connectivity index (χ2v) is 6.44. The number of benzene rings is 1. The topological polar surface area (TPSA) is 60.1 Å². The van der Waals surface area contributed by atoms with Gasteiger partial charge in [0.2, 0.25) is 5.91 Å². The standard InChI is InChI=1S/C17H13Cl2N3O2/c18-13-4-1-5-14(19)16(13)11-7-15(23)21-17-12(11)8-20-22(17)9-10-3-2-6-24-10/h1-6,8,11H,7,9H2,(H,21,23)/t11-/m1/s1. The van der Waals surface area contributed by atoms with E-state index in [1.54, 1.807) is 35.3 Å². The molecule has 0 bridgehead atoms. The fourth-order valence-corrected chi connectivity index (χ4v) is 3.70. The van der Waals surface area contributed by atoms with E-state index >= 15 is 0 Å². The third-order valence-corrected chi connectivity index (χ3v) is 4.78. The number of amides is 1. The van der Waals surface area contributed by atoms with Crippen LogP contribution in [0.4, 0.5) is 5.82 Å². The molecule has 1 amide bonds. The highest BCUT2D eigenvalue weighted by molar-refractivity contribution is 6.36. The Kier molecular flexibility index (Phi) is 3.82. The first-order valence-corrected chi connectivity index (χ1v) is 8.21. The van der Waals surface area contributed by atoms with Crippen LogP contribution in [-0.4, -0.2) is 15.7 Å². The molecule has 24 heavy (non-hydrogen) atoms. The number of furan rings is 1. The summed E-state index contributed by atoms with van der Waals surface area (Å²) in [4.78, 5) is 12.2. The van der Waals surface area contributed by atoms with Crippen molar-refractivity contribution in [2.75, 3.05) is 5.32 Å². The van der Waals surface area contributed by atoms with Crippen molar-refractivity contribution >= 4 is 34.9 Å². The first kappa shape index (κ1) is 15.3. The number of aromatic nitrogens is 2.